The van der Waals surface area contributed by atoms with Gasteiger partial charge >= 0.3 is 0 Å². The minimum absolute atomic E-state index is 0.0237. The van der Waals surface area contributed by atoms with Gasteiger partial charge in [-0.2, -0.15) is 4.98 Å². The zero-order chi connectivity index (χ0) is 18.8. The zero-order valence-corrected chi connectivity index (χ0v) is 16.4. The van der Waals surface area contributed by atoms with Crippen LogP contribution in [0.3, 0.4) is 0 Å². The number of hydrogen-bond donors (Lipinski definition) is 1. The highest BCUT2D eigenvalue weighted by atomic mass is 79.9. The molecule has 2 rings (SSSR count). The van der Waals surface area contributed by atoms with Crippen LogP contribution in [0.1, 0.15) is 24.2 Å². The minimum Gasteiger partial charge on any atom is -0.474 e. The Morgan fingerprint density at radius 1 is 1.12 bits per heavy atom. The van der Waals surface area contributed by atoms with E-state index in [0.29, 0.717) is 54.9 Å². The number of ether oxygens (including phenoxy) is 3. The lowest BCUT2D eigenvalue weighted by molar-refractivity contribution is 0.0398. The third-order valence-electron chi connectivity index (χ3n) is 3.30. The minimum atomic E-state index is 0.0237. The van der Waals surface area contributed by atoms with E-state index in [-0.39, 0.29) is 5.78 Å². The van der Waals surface area contributed by atoms with E-state index in [2.05, 4.69) is 31.2 Å². The summed E-state index contributed by atoms with van der Waals surface area (Å²) >= 11 is 3.37. The Balaban J connectivity index is 1.87. The van der Waals surface area contributed by atoms with Gasteiger partial charge in [0.05, 0.1) is 30.5 Å². The number of Topliss-reactive ketones (excluding diaryl/α,β-unsaturated/α-hetero) is 1. The van der Waals surface area contributed by atoms with E-state index in [9.17, 15) is 4.79 Å². The van der Waals surface area contributed by atoms with Crippen molar-refractivity contribution in [1.29, 1.82) is 0 Å². The van der Waals surface area contributed by atoms with Gasteiger partial charge in [-0.05, 0) is 54.0 Å². The number of hydrogen-bond acceptors (Lipinski definition) is 7. The van der Waals surface area contributed by atoms with E-state index in [1.165, 1.54) is 6.92 Å². The number of nitrogens with zero attached hydrogens (tertiary/aromatic N) is 2. The van der Waals surface area contributed by atoms with Gasteiger partial charge in [-0.1, -0.05) is 0 Å². The molecule has 0 aliphatic heterocycles. The third-order valence-corrected chi connectivity index (χ3v) is 3.85. The molecule has 1 N–H and O–H groups in total. The molecule has 0 radical (unpaired) electrons. The predicted molar refractivity (Wildman–Crippen MR) is 102 cm³/mol. The number of halogens is 1. The van der Waals surface area contributed by atoms with E-state index in [4.69, 9.17) is 14.2 Å². The molecule has 26 heavy (non-hydrogen) atoms. The van der Waals surface area contributed by atoms with Crippen LogP contribution in [0.4, 0.5) is 11.6 Å². The predicted octanol–water partition coefficient (Wildman–Crippen LogP) is 3.62. The smallest absolute Gasteiger partial charge is 0.232 e. The first kappa shape index (κ1) is 20.3. The van der Waals surface area contributed by atoms with Crippen LogP contribution >= 0.6 is 15.9 Å². The number of carbonyl (C=O) groups is 1. The molecule has 7 nitrogen and oxygen atoms in total. The molecule has 0 atom stereocenters. The molecule has 1 aromatic heterocycles. The maximum atomic E-state index is 11.3. The second-order valence-corrected chi connectivity index (χ2v) is 6.12. The van der Waals surface area contributed by atoms with Crippen LogP contribution in [0.5, 0.6) is 5.88 Å². The molecular formula is C18H22BrN3O4. The van der Waals surface area contributed by atoms with Crippen LogP contribution < -0.4 is 10.1 Å². The Bertz CT molecular complexity index is 710. The molecule has 8 heteroatoms. The highest BCUT2D eigenvalue weighted by Gasteiger charge is 2.07. The largest absolute Gasteiger partial charge is 0.474 e. The molecule has 0 unspecified atom stereocenters. The van der Waals surface area contributed by atoms with Crippen molar-refractivity contribution in [3.8, 4) is 5.88 Å². The summed E-state index contributed by atoms with van der Waals surface area (Å²) < 4.78 is 16.9. The first-order valence-corrected chi connectivity index (χ1v) is 9.08. The lowest BCUT2D eigenvalue weighted by Gasteiger charge is -2.10. The summed E-state index contributed by atoms with van der Waals surface area (Å²) in [5.74, 6) is 0.850. The van der Waals surface area contributed by atoms with Gasteiger partial charge in [0.25, 0.3) is 0 Å². The molecule has 1 aromatic carbocycles. The fourth-order valence-electron chi connectivity index (χ4n) is 1.99. The molecule has 2 aromatic rings. The van der Waals surface area contributed by atoms with Gasteiger partial charge in [-0.15, -0.1) is 0 Å². The van der Waals surface area contributed by atoms with Crippen molar-refractivity contribution in [2.45, 2.75) is 13.8 Å². The monoisotopic (exact) mass is 423 g/mol. The quantitative estimate of drug-likeness (QED) is 0.436. The first-order chi connectivity index (χ1) is 12.6. The van der Waals surface area contributed by atoms with E-state index in [1.54, 1.807) is 30.5 Å². The highest BCUT2D eigenvalue weighted by Crippen LogP contribution is 2.24. The molecule has 0 aliphatic rings. The summed E-state index contributed by atoms with van der Waals surface area (Å²) in [6, 6.07) is 7.10. The molecule has 140 valence electrons. The normalized spacial score (nSPS) is 10.6. The first-order valence-electron chi connectivity index (χ1n) is 8.29. The van der Waals surface area contributed by atoms with Crippen LogP contribution in [0, 0.1) is 0 Å². The number of nitrogens with one attached hydrogen (secondary N) is 1. The molecule has 0 aliphatic carbocycles. The second kappa shape index (κ2) is 10.8. The Labute approximate surface area is 161 Å². The van der Waals surface area contributed by atoms with E-state index in [0.717, 1.165) is 5.69 Å². The molecule has 0 saturated carbocycles. The van der Waals surface area contributed by atoms with Crippen molar-refractivity contribution in [2.75, 3.05) is 38.4 Å². The summed E-state index contributed by atoms with van der Waals surface area (Å²) in [5.41, 5.74) is 1.43. The number of benzene rings is 1. The Morgan fingerprint density at radius 2 is 1.81 bits per heavy atom. The maximum absolute atomic E-state index is 11.3. The Kier molecular flexibility index (Phi) is 8.46. The van der Waals surface area contributed by atoms with Crippen LogP contribution in [-0.2, 0) is 9.47 Å². The van der Waals surface area contributed by atoms with Crippen LogP contribution in [0.15, 0.2) is 34.9 Å². The number of aromatic nitrogens is 2. The maximum Gasteiger partial charge on any atom is 0.232 e. The topological polar surface area (TPSA) is 82.6 Å². The molecule has 0 saturated heterocycles. The molecule has 0 spiro atoms. The van der Waals surface area contributed by atoms with Crippen LogP contribution in [-0.4, -0.2) is 48.8 Å². The molecule has 1 heterocycles. The van der Waals surface area contributed by atoms with E-state index >= 15 is 0 Å². The SMILES string of the molecule is CCOCCOCCOc1nc(Nc2ccc(C(C)=O)cc2)ncc1Br. The van der Waals surface area contributed by atoms with Crippen LogP contribution in [0.25, 0.3) is 0 Å². The summed E-state index contributed by atoms with van der Waals surface area (Å²) in [6.45, 7) is 6.08. The van der Waals surface area contributed by atoms with E-state index < -0.39 is 0 Å². The summed E-state index contributed by atoms with van der Waals surface area (Å²) in [5, 5.41) is 3.08. The van der Waals surface area contributed by atoms with Crippen molar-refractivity contribution in [2.24, 2.45) is 0 Å². The second-order valence-electron chi connectivity index (χ2n) is 5.26. The summed E-state index contributed by atoms with van der Waals surface area (Å²) in [4.78, 5) is 19.9. The van der Waals surface area contributed by atoms with Crippen molar-refractivity contribution in [1.82, 2.24) is 9.97 Å². The van der Waals surface area contributed by atoms with Crippen molar-refractivity contribution in [3.63, 3.8) is 0 Å². The molecule has 0 fully saturated rings. The summed E-state index contributed by atoms with van der Waals surface area (Å²) in [6.07, 6.45) is 1.62. The van der Waals surface area contributed by atoms with Crippen molar-refractivity contribution in [3.05, 3.63) is 40.5 Å². The number of rotatable bonds is 11. The average molecular weight is 424 g/mol. The van der Waals surface area contributed by atoms with E-state index in [1.807, 2.05) is 6.92 Å². The lowest BCUT2D eigenvalue weighted by Crippen LogP contribution is -2.12. The summed E-state index contributed by atoms with van der Waals surface area (Å²) in [7, 11) is 0. The van der Waals surface area contributed by atoms with Gasteiger partial charge in [0, 0.05) is 17.9 Å². The van der Waals surface area contributed by atoms with Gasteiger partial charge in [0.1, 0.15) is 6.61 Å². The van der Waals surface area contributed by atoms with Crippen LogP contribution in [0.2, 0.25) is 0 Å². The molecule has 0 amide bonds. The zero-order valence-electron chi connectivity index (χ0n) is 14.8. The highest BCUT2D eigenvalue weighted by molar-refractivity contribution is 9.10. The Morgan fingerprint density at radius 3 is 2.50 bits per heavy atom. The number of anilines is 2. The van der Waals surface area contributed by atoms with Gasteiger partial charge in [-0.3, -0.25) is 4.79 Å². The van der Waals surface area contributed by atoms with Gasteiger partial charge in [0.2, 0.25) is 11.8 Å². The molecular weight excluding hydrogens is 402 g/mol. The number of ketones is 1. The number of carbonyl (C=O) groups excluding carboxylic acids is 1. The van der Waals surface area contributed by atoms with Crippen molar-refractivity contribution < 1.29 is 19.0 Å². The van der Waals surface area contributed by atoms with Gasteiger partial charge in [-0.25, -0.2) is 4.98 Å². The fraction of sp³-hybridized carbons (Fsp3) is 0.389. The van der Waals surface area contributed by atoms with Gasteiger partial charge < -0.3 is 19.5 Å². The standard InChI is InChI=1S/C18H22BrN3O4/c1-3-24-8-9-25-10-11-26-17-16(19)12-20-18(22-17)21-15-6-4-14(5-7-15)13(2)23/h4-7,12H,3,8-11H2,1-2H3,(H,20,21,22). The molecule has 0 bridgehead atoms. The Hall–Kier alpha value is -2.03. The lowest BCUT2D eigenvalue weighted by atomic mass is 10.1. The van der Waals surface area contributed by atoms with Gasteiger partial charge in [0.15, 0.2) is 5.78 Å². The average Bonchev–Trinajstić information content (AvgIpc) is 2.64. The fourth-order valence-corrected chi connectivity index (χ4v) is 2.30. The third kappa shape index (κ3) is 6.70. The van der Waals surface area contributed by atoms with Crippen molar-refractivity contribution >= 4 is 33.3 Å².